The number of esters is 1. The average Bonchev–Trinajstić information content (AvgIpc) is 3.15. The van der Waals surface area contributed by atoms with Crippen LogP contribution in [0.4, 0.5) is 0 Å². The molecule has 0 amide bonds. The van der Waals surface area contributed by atoms with E-state index >= 15 is 0 Å². The molecular formula is C26H21ClINO4. The molecule has 0 spiro atoms. The minimum Gasteiger partial charge on any atom is -0.490 e. The number of aryl methyl sites for hydroxylation is 1. The van der Waals surface area contributed by atoms with Gasteiger partial charge in [0.25, 0.3) is 0 Å². The van der Waals surface area contributed by atoms with E-state index in [1.54, 1.807) is 18.2 Å². The second kappa shape index (κ2) is 10.4. The van der Waals surface area contributed by atoms with Gasteiger partial charge in [-0.05, 0) is 90.0 Å². The highest BCUT2D eigenvalue weighted by Crippen LogP contribution is 2.38. The molecule has 3 aromatic rings. The van der Waals surface area contributed by atoms with Crippen LogP contribution in [0.1, 0.15) is 29.2 Å². The number of cyclic esters (lactones) is 1. The van der Waals surface area contributed by atoms with Crippen molar-refractivity contribution in [3.63, 3.8) is 0 Å². The van der Waals surface area contributed by atoms with Crippen molar-refractivity contribution in [1.29, 1.82) is 0 Å². The topological polar surface area (TPSA) is 57.1 Å². The molecule has 1 aliphatic heterocycles. The first-order valence-electron chi connectivity index (χ1n) is 10.4. The monoisotopic (exact) mass is 573 g/mol. The summed E-state index contributed by atoms with van der Waals surface area (Å²) in [6, 6.07) is 19.2. The Hall–Kier alpha value is -2.84. The molecule has 0 unspecified atom stereocenters. The van der Waals surface area contributed by atoms with Gasteiger partial charge in [0.05, 0.1) is 11.6 Å². The van der Waals surface area contributed by atoms with Crippen molar-refractivity contribution in [2.45, 2.75) is 20.5 Å². The van der Waals surface area contributed by atoms with Crippen LogP contribution in [0.25, 0.3) is 6.08 Å². The van der Waals surface area contributed by atoms with Gasteiger partial charge >= 0.3 is 5.97 Å². The number of rotatable bonds is 7. The van der Waals surface area contributed by atoms with E-state index in [0.29, 0.717) is 35.3 Å². The lowest BCUT2D eigenvalue weighted by molar-refractivity contribution is -0.129. The number of hydrogen-bond donors (Lipinski definition) is 0. The van der Waals surface area contributed by atoms with Gasteiger partial charge in [0.15, 0.2) is 17.2 Å². The van der Waals surface area contributed by atoms with Gasteiger partial charge in [-0.2, -0.15) is 0 Å². The van der Waals surface area contributed by atoms with Gasteiger partial charge in [-0.1, -0.05) is 41.4 Å². The van der Waals surface area contributed by atoms with Gasteiger partial charge in [-0.15, -0.1) is 0 Å². The number of ether oxygens (including phenoxy) is 3. The molecule has 0 saturated heterocycles. The summed E-state index contributed by atoms with van der Waals surface area (Å²) >= 11 is 8.75. The molecule has 0 bridgehead atoms. The Bertz CT molecular complexity index is 1230. The van der Waals surface area contributed by atoms with Gasteiger partial charge < -0.3 is 14.2 Å². The predicted molar refractivity (Wildman–Crippen MR) is 138 cm³/mol. The molecule has 168 valence electrons. The van der Waals surface area contributed by atoms with E-state index in [-0.39, 0.29) is 11.6 Å². The van der Waals surface area contributed by atoms with E-state index in [9.17, 15) is 4.79 Å². The third-order valence-electron chi connectivity index (χ3n) is 4.85. The third-order valence-corrected chi connectivity index (χ3v) is 5.85. The third kappa shape index (κ3) is 5.75. The molecule has 7 heteroatoms. The molecule has 1 aliphatic rings. The standard InChI is InChI=1S/C26H21ClINO4/c1-3-31-23-14-18(12-21(27)24(23)32-15-17-6-4-16(2)5-7-17)13-22-26(30)33-25(29-22)19-8-10-20(28)11-9-19/h4-14H,3,15H2,1-2H3/b22-13-. The van der Waals surface area contributed by atoms with Crippen molar-refractivity contribution >= 4 is 52.1 Å². The Labute approximate surface area is 211 Å². The molecule has 0 saturated carbocycles. The molecule has 0 aliphatic carbocycles. The quantitative estimate of drug-likeness (QED) is 0.182. The zero-order valence-electron chi connectivity index (χ0n) is 18.1. The lowest BCUT2D eigenvalue weighted by atomic mass is 10.1. The highest BCUT2D eigenvalue weighted by molar-refractivity contribution is 14.1. The van der Waals surface area contributed by atoms with Crippen molar-refractivity contribution in [2.24, 2.45) is 4.99 Å². The molecule has 1 heterocycles. The van der Waals surface area contributed by atoms with E-state index in [1.165, 1.54) is 5.56 Å². The largest absolute Gasteiger partial charge is 0.490 e. The molecule has 0 aromatic heterocycles. The molecule has 0 fully saturated rings. The SMILES string of the molecule is CCOc1cc(/C=C2\N=C(c3ccc(I)cc3)OC2=O)cc(Cl)c1OCc1ccc(C)cc1. The molecule has 0 atom stereocenters. The molecule has 4 rings (SSSR count). The number of carbonyl (C=O) groups excluding carboxylic acids is 1. The minimum atomic E-state index is -0.516. The Morgan fingerprint density at radius 3 is 2.48 bits per heavy atom. The van der Waals surface area contributed by atoms with Crippen LogP contribution in [-0.2, 0) is 16.1 Å². The fourth-order valence-electron chi connectivity index (χ4n) is 3.20. The van der Waals surface area contributed by atoms with Crippen molar-refractivity contribution in [3.05, 3.63) is 97.2 Å². The van der Waals surface area contributed by atoms with E-state index in [0.717, 1.165) is 14.7 Å². The summed E-state index contributed by atoms with van der Waals surface area (Å²) in [7, 11) is 0. The molecule has 5 nitrogen and oxygen atoms in total. The summed E-state index contributed by atoms with van der Waals surface area (Å²) in [6.07, 6.45) is 1.63. The fraction of sp³-hybridized carbons (Fsp3) is 0.154. The molecular weight excluding hydrogens is 553 g/mol. The van der Waals surface area contributed by atoms with E-state index in [2.05, 4.69) is 27.6 Å². The van der Waals surface area contributed by atoms with Gasteiger partial charge in [0.1, 0.15) is 6.61 Å². The highest BCUT2D eigenvalue weighted by Gasteiger charge is 2.24. The van der Waals surface area contributed by atoms with Gasteiger partial charge in [-0.25, -0.2) is 9.79 Å². The summed E-state index contributed by atoms with van der Waals surface area (Å²) < 4.78 is 18.2. The number of carbonyl (C=O) groups is 1. The van der Waals surface area contributed by atoms with Crippen LogP contribution in [-0.4, -0.2) is 18.5 Å². The predicted octanol–water partition coefficient (Wildman–Crippen LogP) is 6.58. The van der Waals surface area contributed by atoms with E-state index < -0.39 is 5.97 Å². The van der Waals surface area contributed by atoms with Crippen LogP contribution in [0, 0.1) is 10.5 Å². The molecule has 3 aromatic carbocycles. The van der Waals surface area contributed by atoms with Gasteiger partial charge in [-0.3, -0.25) is 0 Å². The second-order valence-corrected chi connectivity index (χ2v) is 9.03. The maximum Gasteiger partial charge on any atom is 0.363 e. The first kappa shape index (κ1) is 23.3. The van der Waals surface area contributed by atoms with Crippen LogP contribution in [0.3, 0.4) is 0 Å². The molecule has 0 N–H and O–H groups in total. The van der Waals surface area contributed by atoms with E-state index in [1.807, 2.05) is 62.4 Å². The Morgan fingerprint density at radius 1 is 1.06 bits per heavy atom. The van der Waals surface area contributed by atoms with Crippen LogP contribution in [0.2, 0.25) is 5.02 Å². The lowest BCUT2D eigenvalue weighted by Crippen LogP contribution is -2.05. The second-order valence-electron chi connectivity index (χ2n) is 7.38. The van der Waals surface area contributed by atoms with Crippen LogP contribution in [0.15, 0.2) is 71.4 Å². The Kier molecular flexibility index (Phi) is 7.35. The average molecular weight is 574 g/mol. The summed E-state index contributed by atoms with van der Waals surface area (Å²) in [4.78, 5) is 16.7. The van der Waals surface area contributed by atoms with Crippen molar-refractivity contribution in [2.75, 3.05) is 6.61 Å². The first-order valence-corrected chi connectivity index (χ1v) is 11.8. The molecule has 33 heavy (non-hydrogen) atoms. The maximum absolute atomic E-state index is 12.4. The minimum absolute atomic E-state index is 0.190. The maximum atomic E-state index is 12.4. The summed E-state index contributed by atoms with van der Waals surface area (Å²) in [6.45, 7) is 4.72. The number of nitrogens with zero attached hydrogens (tertiary/aromatic N) is 1. The Balaban J connectivity index is 1.60. The van der Waals surface area contributed by atoms with Gasteiger partial charge in [0.2, 0.25) is 5.90 Å². The highest BCUT2D eigenvalue weighted by atomic mass is 127. The number of benzene rings is 3. The number of hydrogen-bond acceptors (Lipinski definition) is 5. The van der Waals surface area contributed by atoms with Crippen molar-refractivity contribution in [3.8, 4) is 11.5 Å². The zero-order chi connectivity index (χ0) is 23.4. The fourth-order valence-corrected chi connectivity index (χ4v) is 3.83. The van der Waals surface area contributed by atoms with Crippen LogP contribution < -0.4 is 9.47 Å². The first-order chi connectivity index (χ1) is 15.9. The van der Waals surface area contributed by atoms with Crippen LogP contribution in [0.5, 0.6) is 11.5 Å². The van der Waals surface area contributed by atoms with Crippen LogP contribution >= 0.6 is 34.2 Å². The Morgan fingerprint density at radius 2 is 1.79 bits per heavy atom. The summed E-state index contributed by atoms with van der Waals surface area (Å²) in [5.74, 6) is 0.713. The van der Waals surface area contributed by atoms with Crippen molar-refractivity contribution < 1.29 is 19.0 Å². The molecule has 0 radical (unpaired) electrons. The van der Waals surface area contributed by atoms with Crippen molar-refractivity contribution in [1.82, 2.24) is 0 Å². The van der Waals surface area contributed by atoms with E-state index in [4.69, 9.17) is 25.8 Å². The number of halogens is 2. The summed E-state index contributed by atoms with van der Waals surface area (Å²) in [5.41, 5.74) is 3.79. The van der Waals surface area contributed by atoms with Gasteiger partial charge in [0, 0.05) is 9.13 Å². The summed E-state index contributed by atoms with van der Waals surface area (Å²) in [5, 5.41) is 0.383. The number of aliphatic imine (C=N–C) groups is 1. The normalized spacial score (nSPS) is 14.2. The smallest absolute Gasteiger partial charge is 0.363 e. The zero-order valence-corrected chi connectivity index (χ0v) is 21.0. The lowest BCUT2D eigenvalue weighted by Gasteiger charge is -2.14.